The third kappa shape index (κ3) is 4.09. The van der Waals surface area contributed by atoms with E-state index in [1.54, 1.807) is 6.07 Å². The number of phenols is 1. The van der Waals surface area contributed by atoms with Crippen LogP contribution in [0.1, 0.15) is 50.3 Å². The maximum Gasteiger partial charge on any atom is 0.116 e. The van der Waals surface area contributed by atoms with Crippen molar-refractivity contribution in [3.05, 3.63) is 96.2 Å². The molecule has 5 unspecified atom stereocenters. The average molecular weight is 517 g/mol. The monoisotopic (exact) mass is 516 g/mol. The van der Waals surface area contributed by atoms with Gasteiger partial charge in [-0.1, -0.05) is 61.9 Å². The molecule has 4 aromatic carbocycles. The second kappa shape index (κ2) is 9.62. The minimum atomic E-state index is -0.164. The minimum Gasteiger partial charge on any atom is -0.508 e. The molecule has 3 fully saturated rings. The zero-order chi connectivity index (χ0) is 26.6. The van der Waals surface area contributed by atoms with E-state index in [9.17, 15) is 5.11 Å². The van der Waals surface area contributed by atoms with E-state index in [4.69, 9.17) is 4.74 Å². The largest absolute Gasteiger partial charge is 0.508 e. The molecule has 39 heavy (non-hydrogen) atoms. The molecule has 1 N–H and O–H groups in total. The van der Waals surface area contributed by atoms with Gasteiger partial charge in [0.05, 0.1) is 12.1 Å². The van der Waals surface area contributed by atoms with Crippen LogP contribution in [0.3, 0.4) is 0 Å². The Bertz CT molecular complexity index is 1630. The Morgan fingerprint density at radius 1 is 0.974 bits per heavy atom. The van der Waals surface area contributed by atoms with Gasteiger partial charge in [0.25, 0.3) is 0 Å². The summed E-state index contributed by atoms with van der Waals surface area (Å²) in [5, 5.41) is 16.4. The molecule has 0 spiro atoms. The summed E-state index contributed by atoms with van der Waals surface area (Å²) in [6.07, 6.45) is 5.36. The number of piperidine rings is 3. The molecule has 4 heteroatoms. The predicted octanol–water partition coefficient (Wildman–Crippen LogP) is 8.02. The summed E-state index contributed by atoms with van der Waals surface area (Å²) in [5.74, 6) is 1.74. The fourth-order valence-corrected chi connectivity index (χ4v) is 7.63. The highest BCUT2D eigenvalue weighted by atomic mass is 16.5. The van der Waals surface area contributed by atoms with Crippen LogP contribution in [-0.2, 0) is 11.3 Å². The number of aromatic hydroxyl groups is 1. The Morgan fingerprint density at radius 3 is 2.41 bits per heavy atom. The van der Waals surface area contributed by atoms with Crippen molar-refractivity contribution < 1.29 is 9.84 Å². The fraction of sp³-hybridized carbons (Fsp3) is 0.343. The van der Waals surface area contributed by atoms with Gasteiger partial charge in [0, 0.05) is 23.7 Å². The summed E-state index contributed by atoms with van der Waals surface area (Å²) in [7, 11) is 0. The third-order valence-corrected chi connectivity index (χ3v) is 9.70. The normalized spacial score (nSPS) is 25.4. The van der Waals surface area contributed by atoms with Gasteiger partial charge in [-0.25, -0.2) is 0 Å². The van der Waals surface area contributed by atoms with Gasteiger partial charge in [-0.2, -0.15) is 0 Å². The second-order valence-electron chi connectivity index (χ2n) is 11.8. The predicted molar refractivity (Wildman–Crippen MR) is 159 cm³/mol. The fourth-order valence-electron chi connectivity index (χ4n) is 7.63. The maximum atomic E-state index is 10.4. The first-order chi connectivity index (χ1) is 19.0. The molecule has 0 aliphatic carbocycles. The van der Waals surface area contributed by atoms with Crippen LogP contribution >= 0.6 is 0 Å². The number of aromatic nitrogens is 1. The molecule has 1 aromatic heterocycles. The van der Waals surface area contributed by atoms with E-state index in [-0.39, 0.29) is 17.4 Å². The SMILES string of the molecule is CCC1CN2CCC1CC2(C)C(OCc1c2ccccc2cc2ccccc12)c1ccnc2ccc(O)cc12. The zero-order valence-electron chi connectivity index (χ0n) is 22.8. The Labute approximate surface area is 230 Å². The van der Waals surface area contributed by atoms with Crippen molar-refractivity contribution in [2.75, 3.05) is 13.1 Å². The van der Waals surface area contributed by atoms with Crippen LogP contribution < -0.4 is 0 Å². The van der Waals surface area contributed by atoms with Crippen LogP contribution in [0.15, 0.2) is 85.1 Å². The van der Waals surface area contributed by atoms with E-state index in [0.29, 0.717) is 6.61 Å². The van der Waals surface area contributed by atoms with Gasteiger partial charge in [-0.15, -0.1) is 0 Å². The quantitative estimate of drug-likeness (QED) is 0.232. The molecule has 5 atom stereocenters. The molecule has 0 amide bonds. The van der Waals surface area contributed by atoms with Gasteiger partial charge in [0.15, 0.2) is 0 Å². The van der Waals surface area contributed by atoms with Gasteiger partial charge in [0.2, 0.25) is 0 Å². The number of hydrogen-bond donors (Lipinski definition) is 1. The molecule has 4 nitrogen and oxygen atoms in total. The summed E-state index contributed by atoms with van der Waals surface area (Å²) >= 11 is 0. The van der Waals surface area contributed by atoms with Crippen molar-refractivity contribution in [1.29, 1.82) is 0 Å². The van der Waals surface area contributed by atoms with Crippen LogP contribution in [0.2, 0.25) is 0 Å². The Morgan fingerprint density at radius 2 is 1.72 bits per heavy atom. The average Bonchev–Trinajstić information content (AvgIpc) is 2.97. The smallest absolute Gasteiger partial charge is 0.116 e. The van der Waals surface area contributed by atoms with Gasteiger partial charge < -0.3 is 9.84 Å². The summed E-state index contributed by atoms with van der Waals surface area (Å²) in [6.45, 7) is 7.50. The van der Waals surface area contributed by atoms with Crippen LogP contribution in [0.4, 0.5) is 0 Å². The highest BCUT2D eigenvalue weighted by Gasteiger charge is 2.51. The number of nitrogens with zero attached hydrogens (tertiary/aromatic N) is 2. The molecule has 3 saturated heterocycles. The molecule has 3 aliphatic heterocycles. The molecule has 5 aromatic rings. The molecule has 4 heterocycles. The number of pyridine rings is 1. The van der Waals surface area contributed by atoms with Crippen molar-refractivity contribution in [1.82, 2.24) is 9.88 Å². The molecule has 2 bridgehead atoms. The molecule has 198 valence electrons. The van der Waals surface area contributed by atoms with Crippen molar-refractivity contribution in [3.8, 4) is 5.75 Å². The Balaban J connectivity index is 1.37. The van der Waals surface area contributed by atoms with E-state index in [1.165, 1.54) is 39.9 Å². The minimum absolute atomic E-state index is 0.144. The lowest BCUT2D eigenvalue weighted by molar-refractivity contribution is -0.141. The second-order valence-corrected chi connectivity index (χ2v) is 11.8. The molecular formula is C35H36N2O2. The van der Waals surface area contributed by atoms with E-state index < -0.39 is 0 Å². The van der Waals surface area contributed by atoms with Crippen molar-refractivity contribution in [2.45, 2.75) is 51.4 Å². The van der Waals surface area contributed by atoms with Crippen LogP contribution in [0.25, 0.3) is 32.4 Å². The van der Waals surface area contributed by atoms with Crippen molar-refractivity contribution in [3.63, 3.8) is 0 Å². The van der Waals surface area contributed by atoms with Crippen LogP contribution in [0, 0.1) is 11.8 Å². The van der Waals surface area contributed by atoms with Gasteiger partial charge in [-0.05, 0) is 101 Å². The maximum absolute atomic E-state index is 10.4. The summed E-state index contributed by atoms with van der Waals surface area (Å²) in [4.78, 5) is 7.32. The number of benzene rings is 4. The van der Waals surface area contributed by atoms with Crippen LogP contribution in [-0.4, -0.2) is 33.6 Å². The van der Waals surface area contributed by atoms with Gasteiger partial charge >= 0.3 is 0 Å². The standard InChI is InChI=1S/C35H36N2O2/c1-3-23-21-37-17-15-26(23)20-35(37,2)34(30-14-16-36-33-13-12-27(38)19-31(30)33)39-22-32-28-10-6-4-8-24(28)18-25-9-5-7-11-29(25)32/h4-14,16,18-19,23,26,34,38H,3,15,17,20-22H2,1-2H3. The number of fused-ring (bicyclic) bond motifs is 6. The molecular weight excluding hydrogens is 480 g/mol. The van der Waals surface area contributed by atoms with E-state index in [1.807, 2.05) is 18.3 Å². The molecule has 3 aliphatic rings. The number of rotatable bonds is 6. The number of hydrogen-bond acceptors (Lipinski definition) is 4. The topological polar surface area (TPSA) is 45.6 Å². The first-order valence-corrected chi connectivity index (χ1v) is 14.4. The number of phenolic OH excluding ortho intramolecular Hbond substituents is 1. The zero-order valence-corrected chi connectivity index (χ0v) is 22.8. The van der Waals surface area contributed by atoms with E-state index in [0.717, 1.165) is 47.8 Å². The lowest BCUT2D eigenvalue weighted by atomic mass is 9.66. The Kier molecular flexibility index (Phi) is 6.06. The summed E-state index contributed by atoms with van der Waals surface area (Å²) < 4.78 is 7.19. The lowest BCUT2D eigenvalue weighted by Crippen LogP contribution is -2.62. The van der Waals surface area contributed by atoms with Crippen molar-refractivity contribution >= 4 is 32.4 Å². The van der Waals surface area contributed by atoms with E-state index >= 15 is 0 Å². The lowest BCUT2D eigenvalue weighted by Gasteiger charge is -2.58. The van der Waals surface area contributed by atoms with Crippen LogP contribution in [0.5, 0.6) is 5.75 Å². The van der Waals surface area contributed by atoms with Gasteiger partial charge in [-0.3, -0.25) is 9.88 Å². The van der Waals surface area contributed by atoms with Gasteiger partial charge in [0.1, 0.15) is 11.9 Å². The number of ether oxygens (including phenoxy) is 1. The highest BCUT2D eigenvalue weighted by molar-refractivity contribution is 6.02. The molecule has 8 rings (SSSR count). The van der Waals surface area contributed by atoms with E-state index in [2.05, 4.69) is 84.4 Å². The third-order valence-electron chi connectivity index (χ3n) is 9.70. The first-order valence-electron chi connectivity index (χ1n) is 14.4. The first kappa shape index (κ1) is 24.6. The molecule has 0 radical (unpaired) electrons. The van der Waals surface area contributed by atoms with Crippen molar-refractivity contribution in [2.24, 2.45) is 11.8 Å². The highest BCUT2D eigenvalue weighted by Crippen LogP contribution is 2.51. The summed E-state index contributed by atoms with van der Waals surface area (Å²) in [6, 6.07) is 27.2. The Hall–Kier alpha value is -3.47. The summed E-state index contributed by atoms with van der Waals surface area (Å²) in [5.41, 5.74) is 3.10. The molecule has 0 saturated carbocycles.